The summed E-state index contributed by atoms with van der Waals surface area (Å²) >= 11 is 5.84. The number of anilines is 1. The van der Waals surface area contributed by atoms with Gasteiger partial charge in [0.25, 0.3) is 5.91 Å². The number of methoxy groups -OCH3 is 2. The number of hydrogen-bond donors (Lipinski definition) is 0. The van der Waals surface area contributed by atoms with Crippen LogP contribution in [0.2, 0.25) is 5.02 Å². The van der Waals surface area contributed by atoms with Crippen molar-refractivity contribution in [1.82, 2.24) is 4.90 Å². The predicted octanol–water partition coefficient (Wildman–Crippen LogP) is 3.00. The maximum Gasteiger partial charge on any atom is 0.261 e. The summed E-state index contributed by atoms with van der Waals surface area (Å²) in [6.07, 6.45) is 0. The largest absolute Gasteiger partial charge is 0.493 e. The maximum atomic E-state index is 12.9. The lowest BCUT2D eigenvalue weighted by Gasteiger charge is -2.39. The zero-order valence-corrected chi connectivity index (χ0v) is 17.3. The number of halogens is 1. The van der Waals surface area contributed by atoms with E-state index in [2.05, 4.69) is 0 Å². The van der Waals surface area contributed by atoms with Gasteiger partial charge in [-0.05, 0) is 43.3 Å². The Morgan fingerprint density at radius 2 is 1.76 bits per heavy atom. The number of ether oxygens (including phenoxy) is 3. The molecule has 0 aliphatic carbocycles. The van der Waals surface area contributed by atoms with Gasteiger partial charge in [0, 0.05) is 29.9 Å². The molecule has 1 atom stereocenters. The second-order valence-corrected chi connectivity index (χ2v) is 6.97. The first-order chi connectivity index (χ1) is 13.9. The van der Waals surface area contributed by atoms with Crippen LogP contribution < -0.4 is 19.1 Å². The molecule has 7 nitrogen and oxygen atoms in total. The van der Waals surface area contributed by atoms with Gasteiger partial charge in [-0.1, -0.05) is 11.6 Å². The minimum atomic E-state index is -0.599. The fourth-order valence-corrected chi connectivity index (χ4v) is 3.35. The molecule has 1 aliphatic heterocycles. The van der Waals surface area contributed by atoms with Crippen LogP contribution in [-0.2, 0) is 9.59 Å². The molecule has 0 saturated carbocycles. The second-order valence-electron chi connectivity index (χ2n) is 6.53. The average Bonchev–Trinajstić information content (AvgIpc) is 2.74. The number of benzene rings is 2. The van der Waals surface area contributed by atoms with Gasteiger partial charge in [-0.2, -0.15) is 0 Å². The van der Waals surface area contributed by atoms with Crippen LogP contribution in [0.4, 0.5) is 5.69 Å². The van der Waals surface area contributed by atoms with E-state index in [4.69, 9.17) is 25.8 Å². The lowest BCUT2D eigenvalue weighted by Crippen LogP contribution is -2.58. The number of piperazine rings is 1. The molecular weight excluding hydrogens is 396 g/mol. The SMILES string of the molecule is COc1ccc(N2CCN(C(=O)COc3ccc(Cl)cc3)C(C)C2=O)cc1OC. The molecule has 8 heteroatoms. The Balaban J connectivity index is 1.65. The molecule has 1 heterocycles. The number of amides is 2. The van der Waals surface area contributed by atoms with Crippen LogP contribution in [0.15, 0.2) is 42.5 Å². The monoisotopic (exact) mass is 418 g/mol. The quantitative estimate of drug-likeness (QED) is 0.721. The van der Waals surface area contributed by atoms with E-state index in [1.807, 2.05) is 0 Å². The van der Waals surface area contributed by atoms with Gasteiger partial charge >= 0.3 is 0 Å². The van der Waals surface area contributed by atoms with Crippen molar-refractivity contribution in [2.75, 3.05) is 38.8 Å². The summed E-state index contributed by atoms with van der Waals surface area (Å²) in [4.78, 5) is 28.7. The topological polar surface area (TPSA) is 68.3 Å². The number of carbonyl (C=O) groups is 2. The fraction of sp³-hybridized carbons (Fsp3) is 0.333. The second kappa shape index (κ2) is 9.05. The molecule has 3 rings (SSSR count). The first kappa shape index (κ1) is 20.8. The molecular formula is C21H23ClN2O5. The Hall–Kier alpha value is -2.93. The first-order valence-electron chi connectivity index (χ1n) is 9.16. The fourth-order valence-electron chi connectivity index (χ4n) is 3.22. The van der Waals surface area contributed by atoms with Crippen LogP contribution in [0.1, 0.15) is 6.92 Å². The van der Waals surface area contributed by atoms with Gasteiger partial charge in [0.05, 0.1) is 14.2 Å². The molecule has 2 amide bonds. The summed E-state index contributed by atoms with van der Waals surface area (Å²) in [6.45, 7) is 2.36. The third-order valence-corrected chi connectivity index (χ3v) is 5.08. The molecule has 0 N–H and O–H groups in total. The summed E-state index contributed by atoms with van der Waals surface area (Å²) in [5.74, 6) is 1.27. The Labute approximate surface area is 174 Å². The zero-order chi connectivity index (χ0) is 21.0. The van der Waals surface area contributed by atoms with Crippen LogP contribution in [0, 0.1) is 0 Å². The van der Waals surface area contributed by atoms with Crippen molar-refractivity contribution in [3.05, 3.63) is 47.5 Å². The Morgan fingerprint density at radius 1 is 1.07 bits per heavy atom. The number of rotatable bonds is 6. The molecule has 29 heavy (non-hydrogen) atoms. The molecule has 1 unspecified atom stereocenters. The minimum absolute atomic E-state index is 0.143. The van der Waals surface area contributed by atoms with Crippen LogP contribution in [0.5, 0.6) is 17.2 Å². The summed E-state index contributed by atoms with van der Waals surface area (Å²) in [5.41, 5.74) is 0.698. The van der Waals surface area contributed by atoms with Gasteiger partial charge in [0.2, 0.25) is 5.91 Å². The van der Waals surface area contributed by atoms with Crippen LogP contribution in [0.25, 0.3) is 0 Å². The van der Waals surface area contributed by atoms with Gasteiger partial charge in [0.15, 0.2) is 18.1 Å². The van der Waals surface area contributed by atoms with Crippen molar-refractivity contribution < 1.29 is 23.8 Å². The molecule has 0 aromatic heterocycles. The van der Waals surface area contributed by atoms with Gasteiger partial charge in [-0.15, -0.1) is 0 Å². The van der Waals surface area contributed by atoms with Crippen molar-refractivity contribution in [2.45, 2.75) is 13.0 Å². The molecule has 1 fully saturated rings. The first-order valence-corrected chi connectivity index (χ1v) is 9.53. The highest BCUT2D eigenvalue weighted by Gasteiger charge is 2.35. The van der Waals surface area contributed by atoms with E-state index in [1.165, 1.54) is 4.90 Å². The molecule has 1 saturated heterocycles. The average molecular weight is 419 g/mol. The zero-order valence-electron chi connectivity index (χ0n) is 16.6. The van der Waals surface area contributed by atoms with E-state index in [0.717, 1.165) is 0 Å². The van der Waals surface area contributed by atoms with E-state index >= 15 is 0 Å². The van der Waals surface area contributed by atoms with E-state index < -0.39 is 6.04 Å². The third kappa shape index (κ3) is 4.56. The highest BCUT2D eigenvalue weighted by atomic mass is 35.5. The third-order valence-electron chi connectivity index (χ3n) is 4.83. The summed E-state index contributed by atoms with van der Waals surface area (Å²) in [5, 5.41) is 0.592. The Bertz CT molecular complexity index is 887. The Kier molecular flexibility index (Phi) is 6.49. The van der Waals surface area contributed by atoms with Gasteiger partial charge in [-0.25, -0.2) is 0 Å². The summed E-state index contributed by atoms with van der Waals surface area (Å²) in [7, 11) is 3.10. The van der Waals surface area contributed by atoms with E-state index in [0.29, 0.717) is 41.0 Å². The molecule has 0 spiro atoms. The molecule has 1 aliphatic rings. The highest BCUT2D eigenvalue weighted by molar-refractivity contribution is 6.30. The van der Waals surface area contributed by atoms with Crippen LogP contribution >= 0.6 is 11.6 Å². The van der Waals surface area contributed by atoms with Gasteiger partial charge in [0.1, 0.15) is 11.8 Å². The summed E-state index contributed by atoms with van der Waals surface area (Å²) in [6, 6.07) is 11.5. The minimum Gasteiger partial charge on any atom is -0.493 e. The van der Waals surface area contributed by atoms with Crippen molar-refractivity contribution in [1.29, 1.82) is 0 Å². The normalized spacial score (nSPS) is 16.6. The molecule has 0 radical (unpaired) electrons. The molecule has 2 aromatic rings. The summed E-state index contributed by atoms with van der Waals surface area (Å²) < 4.78 is 16.1. The Morgan fingerprint density at radius 3 is 2.41 bits per heavy atom. The van der Waals surface area contributed by atoms with E-state index in [1.54, 1.807) is 68.5 Å². The van der Waals surface area contributed by atoms with E-state index in [-0.39, 0.29) is 18.4 Å². The van der Waals surface area contributed by atoms with Crippen molar-refractivity contribution in [3.8, 4) is 17.2 Å². The smallest absolute Gasteiger partial charge is 0.261 e. The van der Waals surface area contributed by atoms with Crippen molar-refractivity contribution >= 4 is 29.1 Å². The molecule has 2 aromatic carbocycles. The predicted molar refractivity (Wildman–Crippen MR) is 110 cm³/mol. The molecule has 0 bridgehead atoms. The lowest BCUT2D eigenvalue weighted by molar-refractivity contribution is -0.142. The van der Waals surface area contributed by atoms with Crippen LogP contribution in [0.3, 0.4) is 0 Å². The van der Waals surface area contributed by atoms with Gasteiger partial charge < -0.3 is 24.0 Å². The number of carbonyl (C=O) groups excluding carboxylic acids is 2. The van der Waals surface area contributed by atoms with E-state index in [9.17, 15) is 9.59 Å². The number of hydrogen-bond acceptors (Lipinski definition) is 5. The number of nitrogens with zero attached hydrogens (tertiary/aromatic N) is 2. The van der Waals surface area contributed by atoms with Crippen molar-refractivity contribution in [3.63, 3.8) is 0 Å². The van der Waals surface area contributed by atoms with Gasteiger partial charge in [-0.3, -0.25) is 9.59 Å². The standard InChI is InChI=1S/C21H23ClN2O5/c1-14-21(26)24(16-6-9-18(27-2)19(12-16)28-3)11-10-23(14)20(25)13-29-17-7-4-15(22)5-8-17/h4-9,12,14H,10-11,13H2,1-3H3. The maximum absolute atomic E-state index is 12.9. The lowest BCUT2D eigenvalue weighted by atomic mass is 10.1. The van der Waals surface area contributed by atoms with Crippen molar-refractivity contribution in [2.24, 2.45) is 0 Å². The molecule has 154 valence electrons. The van der Waals surface area contributed by atoms with Crippen LogP contribution in [-0.4, -0.2) is 56.7 Å². The highest BCUT2D eigenvalue weighted by Crippen LogP contribution is 2.32.